The van der Waals surface area contributed by atoms with Crippen molar-refractivity contribution in [3.05, 3.63) is 12.4 Å². The predicted octanol–water partition coefficient (Wildman–Crippen LogP) is 0.411. The number of rotatable bonds is 6. The summed E-state index contributed by atoms with van der Waals surface area (Å²) in [4.78, 5) is 14.4. The average molecular weight is 263 g/mol. The minimum Gasteiger partial charge on any atom is -0.338 e. The molecule has 2 fully saturated rings. The lowest BCUT2D eigenvalue weighted by molar-refractivity contribution is -0.132. The van der Waals surface area contributed by atoms with Gasteiger partial charge in [0.05, 0.1) is 12.7 Å². The van der Waals surface area contributed by atoms with Gasteiger partial charge in [-0.15, -0.1) is 5.10 Å². The number of nitrogens with zero attached hydrogens (tertiary/aromatic N) is 4. The van der Waals surface area contributed by atoms with Crippen LogP contribution in [0.2, 0.25) is 0 Å². The van der Waals surface area contributed by atoms with Gasteiger partial charge in [0.2, 0.25) is 5.91 Å². The Morgan fingerprint density at radius 3 is 2.95 bits per heavy atom. The minimum absolute atomic E-state index is 0.256. The van der Waals surface area contributed by atoms with Crippen molar-refractivity contribution >= 4 is 5.91 Å². The first-order valence-electron chi connectivity index (χ1n) is 7.20. The van der Waals surface area contributed by atoms with E-state index in [4.69, 9.17) is 0 Å². The number of hydrogen-bond donors (Lipinski definition) is 1. The summed E-state index contributed by atoms with van der Waals surface area (Å²) in [5, 5.41) is 11.1. The molecule has 2 heterocycles. The van der Waals surface area contributed by atoms with Crippen molar-refractivity contribution in [1.29, 1.82) is 0 Å². The average Bonchev–Trinajstić information content (AvgIpc) is 2.94. The Morgan fingerprint density at radius 2 is 2.32 bits per heavy atom. The molecule has 0 bridgehead atoms. The second kappa shape index (κ2) is 5.69. The number of amides is 1. The molecule has 3 rings (SSSR count). The van der Waals surface area contributed by atoms with Crippen LogP contribution in [0.5, 0.6) is 0 Å². The van der Waals surface area contributed by atoms with E-state index in [1.54, 1.807) is 17.1 Å². The highest BCUT2D eigenvalue weighted by Gasteiger charge is 2.34. The fourth-order valence-corrected chi connectivity index (χ4v) is 2.70. The van der Waals surface area contributed by atoms with Crippen LogP contribution in [-0.4, -0.2) is 51.0 Å². The molecule has 19 heavy (non-hydrogen) atoms. The highest BCUT2D eigenvalue weighted by molar-refractivity contribution is 5.76. The van der Waals surface area contributed by atoms with Crippen LogP contribution in [-0.2, 0) is 11.3 Å². The predicted molar refractivity (Wildman–Crippen MR) is 70.4 cm³/mol. The van der Waals surface area contributed by atoms with Crippen molar-refractivity contribution < 1.29 is 4.79 Å². The van der Waals surface area contributed by atoms with E-state index in [1.165, 1.54) is 25.7 Å². The normalized spacial score (nSPS) is 22.6. The topological polar surface area (TPSA) is 63.1 Å². The smallest absolute Gasteiger partial charge is 0.224 e. The van der Waals surface area contributed by atoms with Gasteiger partial charge in [0, 0.05) is 31.2 Å². The van der Waals surface area contributed by atoms with Crippen LogP contribution in [0.1, 0.15) is 32.1 Å². The number of carbonyl (C=O) groups excluding carboxylic acids is 1. The number of nitrogens with one attached hydrogen (secondary N) is 1. The van der Waals surface area contributed by atoms with E-state index in [2.05, 4.69) is 20.5 Å². The number of aryl methyl sites for hydroxylation is 1. The van der Waals surface area contributed by atoms with Crippen LogP contribution in [0.4, 0.5) is 0 Å². The second-order valence-corrected chi connectivity index (χ2v) is 5.49. The van der Waals surface area contributed by atoms with Crippen LogP contribution in [0.15, 0.2) is 12.4 Å². The molecule has 1 aromatic rings. The second-order valence-electron chi connectivity index (χ2n) is 5.49. The van der Waals surface area contributed by atoms with Crippen LogP contribution >= 0.6 is 0 Å². The number of carbonyl (C=O) groups is 1. The summed E-state index contributed by atoms with van der Waals surface area (Å²) in [6, 6.07) is 0.988. The first kappa shape index (κ1) is 12.6. The lowest BCUT2D eigenvalue weighted by atomic mass is 10.2. The quantitative estimate of drug-likeness (QED) is 0.807. The fourth-order valence-electron chi connectivity index (χ4n) is 2.70. The van der Waals surface area contributed by atoms with E-state index in [9.17, 15) is 4.79 Å². The third-order valence-corrected chi connectivity index (χ3v) is 3.91. The van der Waals surface area contributed by atoms with E-state index in [-0.39, 0.29) is 5.91 Å². The molecule has 1 N–H and O–H groups in total. The summed E-state index contributed by atoms with van der Waals surface area (Å²) < 4.78 is 1.72. The molecule has 1 atom stereocenters. The van der Waals surface area contributed by atoms with E-state index in [1.807, 2.05) is 0 Å². The Labute approximate surface area is 113 Å². The molecular weight excluding hydrogens is 242 g/mol. The maximum atomic E-state index is 12.3. The molecule has 1 aromatic heterocycles. The van der Waals surface area contributed by atoms with Crippen LogP contribution in [0.3, 0.4) is 0 Å². The monoisotopic (exact) mass is 263 g/mol. The Hall–Kier alpha value is -1.43. The zero-order valence-corrected chi connectivity index (χ0v) is 11.2. The summed E-state index contributed by atoms with van der Waals surface area (Å²) in [7, 11) is 0. The summed E-state index contributed by atoms with van der Waals surface area (Å²) in [5.74, 6) is 0.256. The SMILES string of the molecule is O=C(CCn1ccnn1)N(CC1CCCN1)C1CC1. The van der Waals surface area contributed by atoms with Gasteiger partial charge in [0.25, 0.3) is 0 Å². The molecule has 1 saturated heterocycles. The molecule has 1 aliphatic heterocycles. The van der Waals surface area contributed by atoms with Crippen LogP contribution < -0.4 is 5.32 Å². The van der Waals surface area contributed by atoms with Gasteiger partial charge in [-0.1, -0.05) is 5.21 Å². The van der Waals surface area contributed by atoms with Gasteiger partial charge in [-0.2, -0.15) is 0 Å². The minimum atomic E-state index is 0.256. The molecule has 0 aromatic carbocycles. The maximum absolute atomic E-state index is 12.3. The third kappa shape index (κ3) is 3.32. The molecule has 6 heteroatoms. The summed E-state index contributed by atoms with van der Waals surface area (Å²) in [6.07, 6.45) is 8.73. The number of aromatic nitrogens is 3. The van der Waals surface area contributed by atoms with Crippen LogP contribution in [0, 0.1) is 0 Å². The van der Waals surface area contributed by atoms with E-state index in [0.717, 1.165) is 13.1 Å². The van der Waals surface area contributed by atoms with E-state index < -0.39 is 0 Å². The molecule has 1 amide bonds. The molecule has 104 valence electrons. The first-order chi connectivity index (χ1) is 9.33. The molecule has 2 aliphatic rings. The number of hydrogen-bond acceptors (Lipinski definition) is 4. The van der Waals surface area contributed by atoms with Crippen molar-refractivity contribution in [2.75, 3.05) is 13.1 Å². The Balaban J connectivity index is 1.52. The van der Waals surface area contributed by atoms with Crippen molar-refractivity contribution in [3.8, 4) is 0 Å². The van der Waals surface area contributed by atoms with Gasteiger partial charge in [-0.3, -0.25) is 9.48 Å². The Kier molecular flexibility index (Phi) is 3.77. The molecule has 0 radical (unpaired) electrons. The first-order valence-corrected chi connectivity index (χ1v) is 7.20. The van der Waals surface area contributed by atoms with E-state index in [0.29, 0.717) is 25.0 Å². The highest BCUT2D eigenvalue weighted by Crippen LogP contribution is 2.28. The summed E-state index contributed by atoms with van der Waals surface area (Å²) >= 11 is 0. The van der Waals surface area contributed by atoms with Gasteiger partial charge < -0.3 is 10.2 Å². The molecule has 1 unspecified atom stereocenters. The zero-order chi connectivity index (χ0) is 13.1. The van der Waals surface area contributed by atoms with Crippen molar-refractivity contribution in [2.45, 2.75) is 50.7 Å². The Morgan fingerprint density at radius 1 is 1.42 bits per heavy atom. The van der Waals surface area contributed by atoms with Gasteiger partial charge in [0.1, 0.15) is 0 Å². The lowest BCUT2D eigenvalue weighted by Gasteiger charge is -2.26. The highest BCUT2D eigenvalue weighted by atomic mass is 16.2. The molecular formula is C13H21N5O. The molecule has 1 aliphatic carbocycles. The van der Waals surface area contributed by atoms with Gasteiger partial charge in [-0.05, 0) is 32.2 Å². The molecule has 6 nitrogen and oxygen atoms in total. The van der Waals surface area contributed by atoms with Crippen LogP contribution in [0.25, 0.3) is 0 Å². The third-order valence-electron chi connectivity index (χ3n) is 3.91. The summed E-state index contributed by atoms with van der Waals surface area (Å²) in [6.45, 7) is 2.59. The van der Waals surface area contributed by atoms with E-state index >= 15 is 0 Å². The largest absolute Gasteiger partial charge is 0.338 e. The Bertz CT molecular complexity index is 409. The standard InChI is InChI=1S/C13H21N5O/c19-13(5-8-17-9-7-15-16-17)18(12-3-4-12)10-11-2-1-6-14-11/h7,9,11-12,14H,1-6,8,10H2. The van der Waals surface area contributed by atoms with Crippen molar-refractivity contribution in [1.82, 2.24) is 25.2 Å². The molecule has 1 saturated carbocycles. The lowest BCUT2D eigenvalue weighted by Crippen LogP contribution is -2.42. The molecule has 0 spiro atoms. The zero-order valence-electron chi connectivity index (χ0n) is 11.2. The van der Waals surface area contributed by atoms with Crippen molar-refractivity contribution in [3.63, 3.8) is 0 Å². The van der Waals surface area contributed by atoms with Gasteiger partial charge in [-0.25, -0.2) is 0 Å². The van der Waals surface area contributed by atoms with Gasteiger partial charge in [0.15, 0.2) is 0 Å². The summed E-state index contributed by atoms with van der Waals surface area (Å²) in [5.41, 5.74) is 0. The maximum Gasteiger partial charge on any atom is 0.224 e. The van der Waals surface area contributed by atoms with Crippen molar-refractivity contribution in [2.24, 2.45) is 0 Å². The fraction of sp³-hybridized carbons (Fsp3) is 0.769. The van der Waals surface area contributed by atoms with Gasteiger partial charge >= 0.3 is 0 Å².